The van der Waals surface area contributed by atoms with Gasteiger partial charge in [-0.1, -0.05) is 0 Å². The molecule has 0 atom stereocenters. The van der Waals surface area contributed by atoms with Crippen LogP contribution < -0.4 is 16.6 Å². The molecule has 1 heterocycles. The maximum atomic E-state index is 11.8. The Morgan fingerprint density at radius 1 is 1.11 bits per heavy atom. The smallest absolute Gasteiger partial charge is 0.338 e. The molecule has 1 aromatic heterocycles. The van der Waals surface area contributed by atoms with Gasteiger partial charge in [-0.2, -0.15) is 0 Å². The molecule has 1 aromatic carbocycles. The van der Waals surface area contributed by atoms with Crippen LogP contribution in [0.3, 0.4) is 0 Å². The number of hydrogen-bond donors (Lipinski definition) is 2. The fraction of sp³-hybridized carbons (Fsp3) is 0.278. The lowest BCUT2D eigenvalue weighted by atomic mass is 10.2. The molecular weight excluding hydrogens is 370 g/mol. The Morgan fingerprint density at radius 3 is 2.39 bits per heavy atom. The monoisotopic (exact) mass is 389 g/mol. The molecule has 0 bridgehead atoms. The van der Waals surface area contributed by atoms with Gasteiger partial charge in [-0.25, -0.2) is 9.59 Å². The summed E-state index contributed by atoms with van der Waals surface area (Å²) in [6.07, 6.45) is 0.905. The molecule has 10 heteroatoms. The Labute approximate surface area is 159 Å². The molecule has 0 unspecified atom stereocenters. The predicted octanol–water partition coefficient (Wildman–Crippen LogP) is 0.284. The maximum absolute atomic E-state index is 11.8. The third kappa shape index (κ3) is 6.24. The first-order valence-corrected chi connectivity index (χ1v) is 8.31. The van der Waals surface area contributed by atoms with Crippen LogP contribution in [0.2, 0.25) is 0 Å². The van der Waals surface area contributed by atoms with Crippen LogP contribution in [0.4, 0.5) is 5.69 Å². The summed E-state index contributed by atoms with van der Waals surface area (Å²) >= 11 is 0. The summed E-state index contributed by atoms with van der Waals surface area (Å²) in [4.78, 5) is 59.7. The summed E-state index contributed by atoms with van der Waals surface area (Å²) in [5.41, 5.74) is -0.606. The van der Waals surface area contributed by atoms with E-state index < -0.39 is 42.2 Å². The van der Waals surface area contributed by atoms with E-state index in [9.17, 15) is 24.0 Å². The van der Waals surface area contributed by atoms with E-state index >= 15 is 0 Å². The Bertz CT molecular complexity index is 974. The van der Waals surface area contributed by atoms with Crippen molar-refractivity contribution in [1.29, 1.82) is 0 Å². The van der Waals surface area contributed by atoms with Gasteiger partial charge in [-0.05, 0) is 38.1 Å². The Morgan fingerprint density at radius 2 is 1.79 bits per heavy atom. The van der Waals surface area contributed by atoms with Crippen LogP contribution in [0.15, 0.2) is 46.1 Å². The van der Waals surface area contributed by atoms with E-state index in [1.54, 1.807) is 13.8 Å². The Balaban J connectivity index is 1.83. The molecule has 0 saturated heterocycles. The number of aromatic amines is 1. The third-order valence-electron chi connectivity index (χ3n) is 3.31. The number of rotatable bonds is 7. The highest BCUT2D eigenvalue weighted by Gasteiger charge is 2.11. The number of carbonyl (C=O) groups is 3. The van der Waals surface area contributed by atoms with Crippen LogP contribution >= 0.6 is 0 Å². The highest BCUT2D eigenvalue weighted by Crippen LogP contribution is 2.11. The van der Waals surface area contributed by atoms with E-state index in [1.807, 2.05) is 4.98 Å². The molecule has 0 aliphatic rings. The number of esters is 2. The minimum absolute atomic E-state index is 0.242. The average molecular weight is 389 g/mol. The first-order chi connectivity index (χ1) is 13.2. The van der Waals surface area contributed by atoms with E-state index in [1.165, 1.54) is 24.3 Å². The van der Waals surface area contributed by atoms with Crippen LogP contribution in [0.25, 0.3) is 0 Å². The fourth-order valence-electron chi connectivity index (χ4n) is 2.07. The molecule has 0 radical (unpaired) electrons. The van der Waals surface area contributed by atoms with E-state index in [4.69, 9.17) is 9.47 Å². The SMILES string of the molecule is CC(C)OC(=O)c1ccc(NC(=O)COC(=O)Cn2ccc(=O)[nH]c2=O)cc1. The number of nitrogens with one attached hydrogen (secondary N) is 2. The number of H-pyrrole nitrogens is 1. The molecule has 0 spiro atoms. The zero-order chi connectivity index (χ0) is 20.7. The van der Waals surface area contributed by atoms with Crippen molar-refractivity contribution in [3.8, 4) is 0 Å². The molecule has 0 aliphatic carbocycles. The first kappa shape index (κ1) is 20.6. The number of nitrogens with zero attached hydrogens (tertiary/aromatic N) is 1. The predicted molar refractivity (Wildman–Crippen MR) is 97.9 cm³/mol. The number of benzene rings is 1. The van der Waals surface area contributed by atoms with Gasteiger partial charge in [0.15, 0.2) is 6.61 Å². The third-order valence-corrected chi connectivity index (χ3v) is 3.31. The number of amides is 1. The highest BCUT2D eigenvalue weighted by molar-refractivity contribution is 5.94. The van der Waals surface area contributed by atoms with Crippen LogP contribution in [0.1, 0.15) is 24.2 Å². The summed E-state index contributed by atoms with van der Waals surface area (Å²) in [5.74, 6) is -1.89. The highest BCUT2D eigenvalue weighted by atomic mass is 16.5. The molecule has 148 valence electrons. The molecule has 28 heavy (non-hydrogen) atoms. The van der Waals surface area contributed by atoms with Crippen molar-refractivity contribution in [1.82, 2.24) is 9.55 Å². The number of carbonyl (C=O) groups excluding carboxylic acids is 3. The number of ether oxygens (including phenoxy) is 2. The topological polar surface area (TPSA) is 137 Å². The van der Waals surface area contributed by atoms with Crippen LogP contribution in [0, 0.1) is 0 Å². The van der Waals surface area contributed by atoms with Crippen molar-refractivity contribution in [2.75, 3.05) is 11.9 Å². The molecule has 0 aliphatic heterocycles. The lowest BCUT2D eigenvalue weighted by molar-refractivity contribution is -0.148. The van der Waals surface area contributed by atoms with E-state index in [-0.39, 0.29) is 6.10 Å². The van der Waals surface area contributed by atoms with E-state index in [2.05, 4.69) is 5.32 Å². The van der Waals surface area contributed by atoms with Crippen molar-refractivity contribution in [2.45, 2.75) is 26.5 Å². The molecule has 2 aromatic rings. The quantitative estimate of drug-likeness (QED) is 0.649. The molecule has 0 saturated carbocycles. The van der Waals surface area contributed by atoms with Crippen molar-refractivity contribution in [3.05, 3.63) is 62.9 Å². The molecular formula is C18H19N3O7. The molecule has 10 nitrogen and oxygen atoms in total. The minimum atomic E-state index is -0.823. The van der Waals surface area contributed by atoms with Gasteiger partial charge >= 0.3 is 17.6 Å². The second kappa shape index (κ2) is 9.31. The molecule has 2 N–H and O–H groups in total. The lowest BCUT2D eigenvalue weighted by Gasteiger charge is -2.09. The summed E-state index contributed by atoms with van der Waals surface area (Å²) in [7, 11) is 0. The van der Waals surface area contributed by atoms with E-state index in [0.29, 0.717) is 11.3 Å². The maximum Gasteiger partial charge on any atom is 0.338 e. The largest absolute Gasteiger partial charge is 0.459 e. The summed E-state index contributed by atoms with van der Waals surface area (Å²) in [6.45, 7) is 2.46. The molecule has 2 rings (SSSR count). The number of hydrogen-bond acceptors (Lipinski definition) is 7. The number of aromatic nitrogens is 2. The van der Waals surface area contributed by atoms with Gasteiger partial charge in [0, 0.05) is 18.0 Å². The van der Waals surface area contributed by atoms with Crippen LogP contribution in [-0.4, -0.2) is 40.1 Å². The van der Waals surface area contributed by atoms with Gasteiger partial charge in [-0.15, -0.1) is 0 Å². The fourth-order valence-corrected chi connectivity index (χ4v) is 2.07. The normalized spacial score (nSPS) is 10.4. The van der Waals surface area contributed by atoms with Gasteiger partial charge in [-0.3, -0.25) is 23.9 Å². The van der Waals surface area contributed by atoms with Crippen molar-refractivity contribution < 1.29 is 23.9 Å². The van der Waals surface area contributed by atoms with E-state index in [0.717, 1.165) is 16.8 Å². The average Bonchev–Trinajstić information content (AvgIpc) is 2.62. The molecule has 0 fully saturated rings. The minimum Gasteiger partial charge on any atom is -0.459 e. The Hall–Kier alpha value is -3.69. The van der Waals surface area contributed by atoms with Gasteiger partial charge in [0.1, 0.15) is 6.54 Å². The second-order valence-electron chi connectivity index (χ2n) is 5.98. The zero-order valence-corrected chi connectivity index (χ0v) is 15.3. The molecule has 1 amide bonds. The summed E-state index contributed by atoms with van der Waals surface area (Å²) < 4.78 is 10.8. The second-order valence-corrected chi connectivity index (χ2v) is 5.98. The van der Waals surface area contributed by atoms with Gasteiger partial charge in [0.05, 0.1) is 11.7 Å². The summed E-state index contributed by atoms with van der Waals surface area (Å²) in [5, 5.41) is 2.50. The van der Waals surface area contributed by atoms with Crippen LogP contribution in [0.5, 0.6) is 0 Å². The van der Waals surface area contributed by atoms with Crippen molar-refractivity contribution >= 4 is 23.5 Å². The van der Waals surface area contributed by atoms with Crippen molar-refractivity contribution in [2.24, 2.45) is 0 Å². The number of anilines is 1. The standard InChI is InChI=1S/C18H19N3O7/c1-11(2)28-17(25)12-3-5-13(6-4-12)19-15(23)10-27-16(24)9-21-8-7-14(22)20-18(21)26/h3-8,11H,9-10H2,1-2H3,(H,19,23)(H,20,22,26). The first-order valence-electron chi connectivity index (χ1n) is 8.31. The van der Waals surface area contributed by atoms with Crippen molar-refractivity contribution in [3.63, 3.8) is 0 Å². The van der Waals surface area contributed by atoms with Gasteiger partial charge in [0.25, 0.3) is 11.5 Å². The van der Waals surface area contributed by atoms with Gasteiger partial charge < -0.3 is 14.8 Å². The Kier molecular flexibility index (Phi) is 6.85. The zero-order valence-electron chi connectivity index (χ0n) is 15.3. The van der Waals surface area contributed by atoms with Gasteiger partial charge in [0.2, 0.25) is 0 Å². The van der Waals surface area contributed by atoms with Crippen LogP contribution in [-0.2, 0) is 25.6 Å². The summed E-state index contributed by atoms with van der Waals surface area (Å²) in [6, 6.07) is 7.10. The lowest BCUT2D eigenvalue weighted by Crippen LogP contribution is -2.32.